The van der Waals surface area contributed by atoms with Gasteiger partial charge >= 0.3 is 0 Å². The Labute approximate surface area is 151 Å². The number of hydrogen-bond acceptors (Lipinski definition) is 3. The summed E-state index contributed by atoms with van der Waals surface area (Å²) >= 11 is 0. The van der Waals surface area contributed by atoms with Crippen molar-refractivity contribution in [1.29, 1.82) is 0 Å². The van der Waals surface area contributed by atoms with Gasteiger partial charge in [-0.1, -0.05) is 18.2 Å². The van der Waals surface area contributed by atoms with Crippen LogP contribution in [0.3, 0.4) is 0 Å². The molecule has 0 radical (unpaired) electrons. The molecule has 0 heterocycles. The van der Waals surface area contributed by atoms with Crippen LogP contribution >= 0.6 is 0 Å². The number of ketones is 1. The molecule has 0 aromatic heterocycles. The zero-order chi connectivity index (χ0) is 19.4. The SMILES string of the molecule is CC(=O)c1c(F)cc(F)cc1OCC(=O)NC(C)c1ccc(C)c(C)c1. The fourth-order valence-corrected chi connectivity index (χ4v) is 2.55. The van der Waals surface area contributed by atoms with Gasteiger partial charge in [0.1, 0.15) is 17.4 Å². The second-order valence-electron chi connectivity index (χ2n) is 6.24. The van der Waals surface area contributed by atoms with Crippen LogP contribution in [0.1, 0.15) is 46.9 Å². The molecule has 2 rings (SSSR count). The number of ether oxygens (including phenoxy) is 1. The lowest BCUT2D eigenvalue weighted by Crippen LogP contribution is -2.31. The highest BCUT2D eigenvalue weighted by Gasteiger charge is 2.18. The summed E-state index contributed by atoms with van der Waals surface area (Å²) in [7, 11) is 0. The van der Waals surface area contributed by atoms with Crippen molar-refractivity contribution < 1.29 is 23.1 Å². The van der Waals surface area contributed by atoms with Crippen LogP contribution < -0.4 is 10.1 Å². The van der Waals surface area contributed by atoms with Crippen LogP contribution in [0.5, 0.6) is 5.75 Å². The highest BCUT2D eigenvalue weighted by atomic mass is 19.1. The minimum atomic E-state index is -1.02. The van der Waals surface area contributed by atoms with Crippen LogP contribution in [0.15, 0.2) is 30.3 Å². The number of halogens is 2. The summed E-state index contributed by atoms with van der Waals surface area (Å²) in [6.07, 6.45) is 0. The minimum absolute atomic E-state index is 0.262. The van der Waals surface area contributed by atoms with E-state index in [9.17, 15) is 18.4 Å². The Morgan fingerprint density at radius 1 is 1.12 bits per heavy atom. The van der Waals surface area contributed by atoms with Gasteiger partial charge in [0.05, 0.1) is 11.6 Å². The molecule has 1 unspecified atom stereocenters. The maximum atomic E-state index is 13.7. The Hall–Kier alpha value is -2.76. The molecule has 4 nitrogen and oxygen atoms in total. The lowest BCUT2D eigenvalue weighted by Gasteiger charge is -2.16. The molecule has 0 aliphatic rings. The number of rotatable bonds is 6. The average Bonchev–Trinajstić information content (AvgIpc) is 2.54. The first kappa shape index (κ1) is 19.6. The van der Waals surface area contributed by atoms with Gasteiger partial charge in [-0.05, 0) is 44.4 Å². The number of aryl methyl sites for hydroxylation is 2. The van der Waals surface area contributed by atoms with Gasteiger partial charge in [-0.3, -0.25) is 9.59 Å². The summed E-state index contributed by atoms with van der Waals surface area (Å²) in [6.45, 7) is 6.49. The third-order valence-corrected chi connectivity index (χ3v) is 4.14. The zero-order valence-corrected chi connectivity index (χ0v) is 15.2. The van der Waals surface area contributed by atoms with E-state index in [1.807, 2.05) is 39.0 Å². The molecule has 2 aromatic rings. The first-order chi connectivity index (χ1) is 12.2. The van der Waals surface area contributed by atoms with Crippen LogP contribution in [-0.4, -0.2) is 18.3 Å². The summed E-state index contributed by atoms with van der Waals surface area (Å²) < 4.78 is 32.3. The van der Waals surface area contributed by atoms with Gasteiger partial charge in [0.15, 0.2) is 12.4 Å². The number of nitrogens with one attached hydrogen (secondary N) is 1. The van der Waals surface area contributed by atoms with Gasteiger partial charge in [-0.2, -0.15) is 0 Å². The van der Waals surface area contributed by atoms with E-state index in [1.165, 1.54) is 0 Å². The number of Topliss-reactive ketones (excluding diaryl/α,β-unsaturated/α-hetero) is 1. The molecule has 2 aromatic carbocycles. The Bertz CT molecular complexity index is 849. The molecule has 0 fully saturated rings. The lowest BCUT2D eigenvalue weighted by atomic mass is 10.0. The summed E-state index contributed by atoms with van der Waals surface area (Å²) in [6, 6.07) is 7.10. The second kappa shape index (κ2) is 8.08. The largest absolute Gasteiger partial charge is 0.483 e. The Balaban J connectivity index is 2.05. The predicted octanol–water partition coefficient (Wildman–Crippen LogP) is 4.04. The normalized spacial score (nSPS) is 11.8. The fraction of sp³-hybridized carbons (Fsp3) is 0.300. The number of amides is 1. The van der Waals surface area contributed by atoms with Crippen LogP contribution in [-0.2, 0) is 4.79 Å². The molecule has 0 saturated heterocycles. The number of hydrogen-bond donors (Lipinski definition) is 1. The lowest BCUT2D eigenvalue weighted by molar-refractivity contribution is -0.123. The van der Waals surface area contributed by atoms with Gasteiger partial charge in [-0.25, -0.2) is 8.78 Å². The standard InChI is InChI=1S/C20H21F2NO3/c1-11-5-6-15(7-12(11)2)13(3)23-19(25)10-26-18-9-16(21)8-17(22)20(18)14(4)24/h5-9,13H,10H2,1-4H3,(H,23,25). The van der Waals surface area contributed by atoms with Crippen LogP contribution in [0, 0.1) is 25.5 Å². The Morgan fingerprint density at radius 2 is 1.81 bits per heavy atom. The first-order valence-electron chi connectivity index (χ1n) is 8.18. The first-order valence-corrected chi connectivity index (χ1v) is 8.18. The van der Waals surface area contributed by atoms with E-state index >= 15 is 0 Å². The highest BCUT2D eigenvalue weighted by Crippen LogP contribution is 2.24. The van der Waals surface area contributed by atoms with E-state index in [4.69, 9.17) is 4.74 Å². The molecular weight excluding hydrogens is 340 g/mol. The summed E-state index contributed by atoms with van der Waals surface area (Å²) in [5.41, 5.74) is 2.82. The predicted molar refractivity (Wildman–Crippen MR) is 94.3 cm³/mol. The quantitative estimate of drug-likeness (QED) is 0.790. The topological polar surface area (TPSA) is 55.4 Å². The van der Waals surface area contributed by atoms with Crippen molar-refractivity contribution >= 4 is 11.7 Å². The Morgan fingerprint density at radius 3 is 2.42 bits per heavy atom. The van der Waals surface area contributed by atoms with E-state index < -0.39 is 29.9 Å². The minimum Gasteiger partial charge on any atom is -0.483 e. The summed E-state index contributed by atoms with van der Waals surface area (Å²) in [5.74, 6) is -3.26. The molecular formula is C20H21F2NO3. The van der Waals surface area contributed by atoms with Crippen molar-refractivity contribution in [3.8, 4) is 5.75 Å². The molecule has 0 aliphatic heterocycles. The van der Waals surface area contributed by atoms with Gasteiger partial charge in [-0.15, -0.1) is 0 Å². The smallest absolute Gasteiger partial charge is 0.258 e. The maximum Gasteiger partial charge on any atom is 0.258 e. The van der Waals surface area contributed by atoms with Crippen LogP contribution in [0.2, 0.25) is 0 Å². The van der Waals surface area contributed by atoms with Gasteiger partial charge < -0.3 is 10.1 Å². The van der Waals surface area contributed by atoms with E-state index in [-0.39, 0.29) is 17.4 Å². The van der Waals surface area contributed by atoms with Gasteiger partial charge in [0.2, 0.25) is 0 Å². The Kier molecular flexibility index (Phi) is 6.08. The molecule has 0 spiro atoms. The summed E-state index contributed by atoms with van der Waals surface area (Å²) in [5, 5.41) is 2.75. The molecule has 138 valence electrons. The van der Waals surface area contributed by atoms with Crippen LogP contribution in [0.4, 0.5) is 8.78 Å². The van der Waals surface area contributed by atoms with Crippen molar-refractivity contribution in [2.24, 2.45) is 0 Å². The van der Waals surface area contributed by atoms with Gasteiger partial charge in [0.25, 0.3) is 5.91 Å². The maximum absolute atomic E-state index is 13.7. The third kappa shape index (κ3) is 4.65. The van der Waals surface area contributed by atoms with E-state index in [1.54, 1.807) is 0 Å². The van der Waals surface area contributed by atoms with Crippen molar-refractivity contribution in [3.63, 3.8) is 0 Å². The zero-order valence-electron chi connectivity index (χ0n) is 15.2. The molecule has 26 heavy (non-hydrogen) atoms. The molecule has 1 amide bonds. The van der Waals surface area contributed by atoms with Crippen molar-refractivity contribution in [3.05, 3.63) is 64.2 Å². The van der Waals surface area contributed by atoms with Gasteiger partial charge in [0, 0.05) is 12.1 Å². The number of carbonyl (C=O) groups is 2. The second-order valence-corrected chi connectivity index (χ2v) is 6.24. The number of carbonyl (C=O) groups excluding carboxylic acids is 2. The van der Waals surface area contributed by atoms with E-state index in [0.717, 1.165) is 29.7 Å². The monoisotopic (exact) mass is 361 g/mol. The molecule has 6 heteroatoms. The van der Waals surface area contributed by atoms with Crippen molar-refractivity contribution in [1.82, 2.24) is 5.32 Å². The third-order valence-electron chi connectivity index (χ3n) is 4.14. The molecule has 0 aliphatic carbocycles. The average molecular weight is 361 g/mol. The fourth-order valence-electron chi connectivity index (χ4n) is 2.55. The van der Waals surface area contributed by atoms with Crippen molar-refractivity contribution in [2.75, 3.05) is 6.61 Å². The van der Waals surface area contributed by atoms with Crippen molar-refractivity contribution in [2.45, 2.75) is 33.7 Å². The molecule has 1 N–H and O–H groups in total. The highest BCUT2D eigenvalue weighted by molar-refractivity contribution is 5.97. The molecule has 1 atom stereocenters. The van der Waals surface area contributed by atoms with E-state index in [0.29, 0.717) is 6.07 Å². The van der Waals surface area contributed by atoms with Crippen LogP contribution in [0.25, 0.3) is 0 Å². The molecule has 0 bridgehead atoms. The molecule has 0 saturated carbocycles. The number of benzene rings is 2. The van der Waals surface area contributed by atoms with E-state index in [2.05, 4.69) is 5.32 Å². The summed E-state index contributed by atoms with van der Waals surface area (Å²) in [4.78, 5) is 23.6.